The van der Waals surface area contributed by atoms with E-state index in [1.165, 1.54) is 6.07 Å². The van der Waals surface area contributed by atoms with E-state index in [-0.39, 0.29) is 18.0 Å². The molecule has 1 aromatic carbocycles. The monoisotopic (exact) mass is 262 g/mol. The molecule has 1 rings (SSSR count). The van der Waals surface area contributed by atoms with Gasteiger partial charge in [-0.2, -0.15) is 8.78 Å². The summed E-state index contributed by atoms with van der Waals surface area (Å²) in [5, 5.41) is 5.14. The van der Waals surface area contributed by atoms with Gasteiger partial charge in [0.05, 0.1) is 5.69 Å². The minimum Gasteiger partial charge on any atom is -0.432 e. The van der Waals surface area contributed by atoms with Crippen molar-refractivity contribution in [1.29, 1.82) is 0 Å². The summed E-state index contributed by atoms with van der Waals surface area (Å²) >= 11 is 0. The van der Waals surface area contributed by atoms with Crippen molar-refractivity contribution in [2.75, 3.05) is 18.9 Å². The number of alkyl halides is 2. The van der Waals surface area contributed by atoms with E-state index in [0.717, 1.165) is 12.1 Å². The zero-order valence-corrected chi connectivity index (χ0v) is 9.67. The van der Waals surface area contributed by atoms with E-state index in [1.54, 1.807) is 7.05 Å². The Labute approximate surface area is 102 Å². The standard InChI is InChI=1S/C11H13F3N2O2/c1-15-5-4-10(17)16-8-3-2-7(12)6-9(8)18-11(13)14/h2-3,6,11,15H,4-5H2,1H3,(H,16,17). The molecular formula is C11H13F3N2O2. The number of nitrogens with one attached hydrogen (secondary N) is 2. The molecule has 0 fully saturated rings. The summed E-state index contributed by atoms with van der Waals surface area (Å²) in [4.78, 5) is 11.4. The molecule has 0 aliphatic carbocycles. The van der Waals surface area contributed by atoms with Gasteiger partial charge in [-0.15, -0.1) is 0 Å². The number of carbonyl (C=O) groups is 1. The molecule has 7 heteroatoms. The zero-order chi connectivity index (χ0) is 13.5. The van der Waals surface area contributed by atoms with Crippen molar-refractivity contribution in [3.05, 3.63) is 24.0 Å². The third kappa shape index (κ3) is 4.62. The Morgan fingerprint density at radius 3 is 2.78 bits per heavy atom. The topological polar surface area (TPSA) is 50.4 Å². The Balaban J connectivity index is 2.77. The number of amides is 1. The van der Waals surface area contributed by atoms with Crippen LogP contribution in [0.25, 0.3) is 0 Å². The lowest BCUT2D eigenvalue weighted by atomic mass is 10.2. The number of ether oxygens (including phenoxy) is 1. The van der Waals surface area contributed by atoms with Crippen molar-refractivity contribution in [3.63, 3.8) is 0 Å². The summed E-state index contributed by atoms with van der Waals surface area (Å²) < 4.78 is 41.2. The second kappa shape index (κ2) is 6.85. The van der Waals surface area contributed by atoms with E-state index in [4.69, 9.17) is 0 Å². The van der Waals surface area contributed by atoms with Crippen LogP contribution < -0.4 is 15.4 Å². The summed E-state index contributed by atoms with van der Waals surface area (Å²) in [5.74, 6) is -1.50. The first kappa shape index (κ1) is 14.3. The lowest BCUT2D eigenvalue weighted by Gasteiger charge is -2.11. The maximum absolute atomic E-state index is 12.9. The Morgan fingerprint density at radius 1 is 1.44 bits per heavy atom. The summed E-state index contributed by atoms with van der Waals surface area (Å²) in [7, 11) is 1.68. The first-order chi connectivity index (χ1) is 8.52. The highest BCUT2D eigenvalue weighted by atomic mass is 19.3. The highest BCUT2D eigenvalue weighted by Gasteiger charge is 2.12. The van der Waals surface area contributed by atoms with Gasteiger partial charge in [0.1, 0.15) is 5.82 Å². The van der Waals surface area contributed by atoms with Gasteiger partial charge in [0.2, 0.25) is 5.91 Å². The first-order valence-electron chi connectivity index (χ1n) is 5.21. The molecule has 0 aromatic heterocycles. The van der Waals surface area contributed by atoms with Gasteiger partial charge in [-0.1, -0.05) is 0 Å². The third-order valence-electron chi connectivity index (χ3n) is 2.04. The van der Waals surface area contributed by atoms with Crippen LogP contribution in [0.1, 0.15) is 6.42 Å². The van der Waals surface area contributed by atoms with Crippen molar-refractivity contribution in [2.24, 2.45) is 0 Å². The number of halogens is 3. The van der Waals surface area contributed by atoms with E-state index in [1.807, 2.05) is 0 Å². The molecule has 0 bridgehead atoms. The van der Waals surface area contributed by atoms with E-state index in [2.05, 4.69) is 15.4 Å². The van der Waals surface area contributed by atoms with Crippen LogP contribution >= 0.6 is 0 Å². The van der Waals surface area contributed by atoms with E-state index in [0.29, 0.717) is 6.54 Å². The van der Waals surface area contributed by atoms with Gasteiger partial charge in [0.25, 0.3) is 0 Å². The van der Waals surface area contributed by atoms with Gasteiger partial charge < -0.3 is 15.4 Å². The molecule has 0 unspecified atom stereocenters. The average molecular weight is 262 g/mol. The van der Waals surface area contributed by atoms with Gasteiger partial charge in [-0.3, -0.25) is 4.79 Å². The molecule has 4 nitrogen and oxygen atoms in total. The molecule has 2 N–H and O–H groups in total. The molecule has 1 aromatic rings. The second-order valence-corrected chi connectivity index (χ2v) is 3.42. The van der Waals surface area contributed by atoms with E-state index >= 15 is 0 Å². The summed E-state index contributed by atoms with van der Waals surface area (Å²) in [6, 6.07) is 3.01. The quantitative estimate of drug-likeness (QED) is 0.824. The first-order valence-corrected chi connectivity index (χ1v) is 5.21. The van der Waals surface area contributed by atoms with Crippen LogP contribution in [-0.4, -0.2) is 26.1 Å². The average Bonchev–Trinajstić information content (AvgIpc) is 2.29. The van der Waals surface area contributed by atoms with Crippen LogP contribution in [0.5, 0.6) is 5.75 Å². The zero-order valence-electron chi connectivity index (χ0n) is 9.67. The van der Waals surface area contributed by atoms with Crippen molar-refractivity contribution in [2.45, 2.75) is 13.0 Å². The molecule has 18 heavy (non-hydrogen) atoms. The predicted octanol–water partition coefficient (Wildman–Crippen LogP) is 1.98. The van der Waals surface area contributed by atoms with Crippen LogP contribution in [0.2, 0.25) is 0 Å². The SMILES string of the molecule is CNCCC(=O)Nc1ccc(F)cc1OC(F)F. The van der Waals surface area contributed by atoms with Crippen LogP contribution in [0.3, 0.4) is 0 Å². The molecule has 0 aliphatic heterocycles. The highest BCUT2D eigenvalue weighted by Crippen LogP contribution is 2.27. The molecule has 100 valence electrons. The summed E-state index contributed by atoms with van der Waals surface area (Å²) in [6.07, 6.45) is 0.169. The fourth-order valence-corrected chi connectivity index (χ4v) is 1.24. The van der Waals surface area contributed by atoms with Crippen LogP contribution in [0.15, 0.2) is 18.2 Å². The Bertz CT molecular complexity index is 413. The molecule has 0 heterocycles. The van der Waals surface area contributed by atoms with Gasteiger partial charge in [-0.05, 0) is 19.2 Å². The maximum atomic E-state index is 12.9. The number of hydrogen-bond donors (Lipinski definition) is 2. The minimum absolute atomic E-state index is 0.0119. The van der Waals surface area contributed by atoms with Crippen molar-refractivity contribution in [1.82, 2.24) is 5.32 Å². The van der Waals surface area contributed by atoms with Crippen LogP contribution in [0, 0.1) is 5.82 Å². The molecule has 0 saturated carbocycles. The minimum atomic E-state index is -3.08. The molecule has 0 aliphatic rings. The molecule has 0 saturated heterocycles. The number of carbonyl (C=O) groups excluding carboxylic acids is 1. The Hall–Kier alpha value is -1.76. The predicted molar refractivity (Wildman–Crippen MR) is 60.2 cm³/mol. The number of anilines is 1. The Kier molecular flexibility index (Phi) is 5.44. The lowest BCUT2D eigenvalue weighted by Crippen LogP contribution is -2.19. The van der Waals surface area contributed by atoms with Crippen LogP contribution in [-0.2, 0) is 4.79 Å². The van der Waals surface area contributed by atoms with Gasteiger partial charge in [0.15, 0.2) is 5.75 Å². The number of hydrogen-bond acceptors (Lipinski definition) is 3. The highest BCUT2D eigenvalue weighted by molar-refractivity contribution is 5.92. The largest absolute Gasteiger partial charge is 0.432 e. The number of rotatable bonds is 6. The molecule has 1 amide bonds. The normalized spacial score (nSPS) is 10.5. The third-order valence-corrected chi connectivity index (χ3v) is 2.04. The summed E-state index contributed by atoms with van der Waals surface area (Å²) in [5.41, 5.74) is 0.0119. The van der Waals surface area contributed by atoms with Gasteiger partial charge >= 0.3 is 6.61 Å². The van der Waals surface area contributed by atoms with Gasteiger partial charge in [0, 0.05) is 19.0 Å². The smallest absolute Gasteiger partial charge is 0.387 e. The summed E-state index contributed by atoms with van der Waals surface area (Å²) in [6.45, 7) is -2.64. The number of benzene rings is 1. The van der Waals surface area contributed by atoms with Crippen molar-refractivity contribution >= 4 is 11.6 Å². The molecule has 0 spiro atoms. The molecule has 0 atom stereocenters. The Morgan fingerprint density at radius 2 is 2.17 bits per heavy atom. The maximum Gasteiger partial charge on any atom is 0.387 e. The second-order valence-electron chi connectivity index (χ2n) is 3.42. The lowest BCUT2D eigenvalue weighted by molar-refractivity contribution is -0.116. The van der Waals surface area contributed by atoms with Crippen molar-refractivity contribution < 1.29 is 22.7 Å². The molecular weight excluding hydrogens is 249 g/mol. The van der Waals surface area contributed by atoms with E-state index < -0.39 is 18.2 Å². The van der Waals surface area contributed by atoms with Crippen LogP contribution in [0.4, 0.5) is 18.9 Å². The van der Waals surface area contributed by atoms with E-state index in [9.17, 15) is 18.0 Å². The van der Waals surface area contributed by atoms with Gasteiger partial charge in [-0.25, -0.2) is 4.39 Å². The molecule has 0 radical (unpaired) electrons. The fraction of sp³-hybridized carbons (Fsp3) is 0.364. The fourth-order valence-electron chi connectivity index (χ4n) is 1.24. The van der Waals surface area contributed by atoms with Crippen molar-refractivity contribution in [3.8, 4) is 5.75 Å².